The number of aromatic nitrogens is 2. The number of pyridine rings is 2. The fourth-order valence-corrected chi connectivity index (χ4v) is 1.98. The Morgan fingerprint density at radius 3 is 2.65 bits per heavy atom. The fraction of sp³-hybridized carbons (Fsp3) is 0.312. The van der Waals surface area contributed by atoms with Gasteiger partial charge in [-0.15, -0.1) is 0 Å². The zero-order valence-electron chi connectivity index (χ0n) is 12.8. The second kappa shape index (κ2) is 7.62. The molecule has 0 spiro atoms. The molecule has 0 aliphatic rings. The van der Waals surface area contributed by atoms with E-state index in [0.717, 1.165) is 5.56 Å². The molecule has 2 rings (SSSR count). The average Bonchev–Trinajstić information content (AvgIpc) is 2.54. The number of carbonyl (C=O) groups excluding carboxylic acids is 1. The summed E-state index contributed by atoms with van der Waals surface area (Å²) in [4.78, 5) is 20.0. The monoisotopic (exact) mass is 321 g/mol. The minimum Gasteiger partial charge on any atom is -0.471 e. The van der Waals surface area contributed by atoms with Crippen molar-refractivity contribution in [3.63, 3.8) is 0 Å². The first-order chi connectivity index (χ1) is 11.0. The second-order valence-electron chi connectivity index (χ2n) is 5.02. The molecule has 0 fully saturated rings. The highest BCUT2D eigenvalue weighted by Crippen LogP contribution is 2.20. The van der Waals surface area contributed by atoms with Crippen LogP contribution < -0.4 is 10.1 Å². The lowest BCUT2D eigenvalue weighted by Crippen LogP contribution is -2.26. The number of halogens is 2. The molecule has 1 atom stereocenters. The number of rotatable bonds is 6. The van der Waals surface area contributed by atoms with Crippen LogP contribution in [-0.4, -0.2) is 28.9 Å². The minimum atomic E-state index is -2.55. The van der Waals surface area contributed by atoms with Crippen molar-refractivity contribution in [1.82, 2.24) is 15.3 Å². The number of amides is 1. The standard InChI is InChI=1S/C16H17F2N3O2/c1-10-7-13(8-20-16(10)23-9-14(17)18)11(2)21-15(22)12-3-5-19-6-4-12/h3-8,11,14H,9H2,1-2H3,(H,21,22). The molecule has 0 saturated carbocycles. The maximum Gasteiger partial charge on any atom is 0.272 e. The molecule has 1 amide bonds. The van der Waals surface area contributed by atoms with Crippen molar-refractivity contribution in [2.75, 3.05) is 6.61 Å². The van der Waals surface area contributed by atoms with E-state index in [4.69, 9.17) is 4.74 Å². The first kappa shape index (κ1) is 16.8. The van der Waals surface area contributed by atoms with Crippen molar-refractivity contribution in [3.8, 4) is 5.88 Å². The summed E-state index contributed by atoms with van der Waals surface area (Å²) in [5.74, 6) is -0.0581. The van der Waals surface area contributed by atoms with Crippen LogP contribution in [0, 0.1) is 6.92 Å². The summed E-state index contributed by atoms with van der Waals surface area (Å²) in [6, 6.07) is 4.70. The lowest BCUT2D eigenvalue weighted by molar-refractivity contribution is 0.0791. The van der Waals surface area contributed by atoms with Crippen LogP contribution in [0.3, 0.4) is 0 Å². The van der Waals surface area contributed by atoms with E-state index in [-0.39, 0.29) is 17.8 Å². The summed E-state index contributed by atoms with van der Waals surface area (Å²) < 4.78 is 29.2. The average molecular weight is 321 g/mol. The fourth-order valence-electron chi connectivity index (χ4n) is 1.98. The molecule has 0 bridgehead atoms. The summed E-state index contributed by atoms with van der Waals surface area (Å²) in [5, 5.41) is 2.84. The first-order valence-electron chi connectivity index (χ1n) is 7.05. The number of alkyl halides is 2. The van der Waals surface area contributed by atoms with E-state index in [1.54, 1.807) is 37.5 Å². The van der Waals surface area contributed by atoms with E-state index in [2.05, 4.69) is 15.3 Å². The summed E-state index contributed by atoms with van der Waals surface area (Å²) in [6.07, 6.45) is 2.04. The number of nitrogens with zero attached hydrogens (tertiary/aromatic N) is 2. The highest BCUT2D eigenvalue weighted by molar-refractivity contribution is 5.94. The van der Waals surface area contributed by atoms with Crippen LogP contribution in [0.4, 0.5) is 8.78 Å². The lowest BCUT2D eigenvalue weighted by Gasteiger charge is -2.16. The largest absolute Gasteiger partial charge is 0.471 e. The summed E-state index contributed by atoms with van der Waals surface area (Å²) in [7, 11) is 0. The van der Waals surface area contributed by atoms with Gasteiger partial charge >= 0.3 is 0 Å². The number of aryl methyl sites for hydroxylation is 1. The molecule has 1 N–H and O–H groups in total. The summed E-state index contributed by atoms with van der Waals surface area (Å²) >= 11 is 0. The van der Waals surface area contributed by atoms with Crippen LogP contribution in [-0.2, 0) is 0 Å². The molecule has 2 aromatic heterocycles. The zero-order chi connectivity index (χ0) is 16.8. The Morgan fingerprint density at radius 1 is 1.35 bits per heavy atom. The molecular formula is C16H17F2N3O2. The molecule has 7 heteroatoms. The van der Waals surface area contributed by atoms with Crippen LogP contribution in [0.1, 0.15) is 34.5 Å². The van der Waals surface area contributed by atoms with Gasteiger partial charge in [0.15, 0.2) is 6.61 Å². The molecule has 0 aliphatic heterocycles. The van der Waals surface area contributed by atoms with Gasteiger partial charge < -0.3 is 10.1 Å². The predicted octanol–water partition coefficient (Wildman–Crippen LogP) is 2.92. The molecule has 5 nitrogen and oxygen atoms in total. The second-order valence-corrected chi connectivity index (χ2v) is 5.02. The molecule has 2 aromatic rings. The van der Waals surface area contributed by atoms with E-state index < -0.39 is 13.0 Å². The Bertz CT molecular complexity index is 666. The third-order valence-electron chi connectivity index (χ3n) is 3.19. The minimum absolute atomic E-state index is 0.168. The van der Waals surface area contributed by atoms with Gasteiger partial charge in [0.2, 0.25) is 5.88 Å². The molecule has 23 heavy (non-hydrogen) atoms. The smallest absolute Gasteiger partial charge is 0.272 e. The Morgan fingerprint density at radius 2 is 2.04 bits per heavy atom. The number of carbonyl (C=O) groups is 1. The van der Waals surface area contributed by atoms with E-state index in [1.165, 1.54) is 6.20 Å². The first-order valence-corrected chi connectivity index (χ1v) is 7.05. The molecule has 2 heterocycles. The van der Waals surface area contributed by atoms with Crippen molar-refractivity contribution in [2.24, 2.45) is 0 Å². The van der Waals surface area contributed by atoms with Crippen LogP contribution >= 0.6 is 0 Å². The SMILES string of the molecule is Cc1cc(C(C)NC(=O)c2ccncc2)cnc1OCC(F)F. The summed E-state index contributed by atoms with van der Waals surface area (Å²) in [5.41, 5.74) is 1.90. The molecule has 0 saturated heterocycles. The quantitative estimate of drug-likeness (QED) is 0.888. The highest BCUT2D eigenvalue weighted by atomic mass is 19.3. The van der Waals surface area contributed by atoms with E-state index >= 15 is 0 Å². The predicted molar refractivity (Wildman–Crippen MR) is 80.6 cm³/mol. The maximum absolute atomic E-state index is 12.2. The Hall–Kier alpha value is -2.57. The van der Waals surface area contributed by atoms with Crippen LogP contribution in [0.25, 0.3) is 0 Å². The van der Waals surface area contributed by atoms with Crippen molar-refractivity contribution < 1.29 is 18.3 Å². The van der Waals surface area contributed by atoms with Gasteiger partial charge in [0.05, 0.1) is 6.04 Å². The van der Waals surface area contributed by atoms with Gasteiger partial charge in [0, 0.05) is 29.7 Å². The van der Waals surface area contributed by atoms with Crippen LogP contribution in [0.5, 0.6) is 5.88 Å². The lowest BCUT2D eigenvalue weighted by atomic mass is 10.1. The van der Waals surface area contributed by atoms with Crippen LogP contribution in [0.2, 0.25) is 0 Å². The van der Waals surface area contributed by atoms with Gasteiger partial charge in [0.1, 0.15) is 0 Å². The number of hydrogen-bond acceptors (Lipinski definition) is 4. The van der Waals surface area contributed by atoms with Gasteiger partial charge in [-0.3, -0.25) is 9.78 Å². The van der Waals surface area contributed by atoms with Gasteiger partial charge in [-0.1, -0.05) is 0 Å². The van der Waals surface area contributed by atoms with E-state index in [9.17, 15) is 13.6 Å². The third kappa shape index (κ3) is 4.70. The third-order valence-corrected chi connectivity index (χ3v) is 3.19. The Balaban J connectivity index is 2.03. The number of hydrogen-bond donors (Lipinski definition) is 1. The highest BCUT2D eigenvalue weighted by Gasteiger charge is 2.14. The molecule has 0 radical (unpaired) electrons. The molecule has 1 unspecified atom stereocenters. The molecular weight excluding hydrogens is 304 g/mol. The topological polar surface area (TPSA) is 64.1 Å². The van der Waals surface area contributed by atoms with Crippen LogP contribution in [0.15, 0.2) is 36.8 Å². The van der Waals surface area contributed by atoms with E-state index in [0.29, 0.717) is 11.1 Å². The van der Waals surface area contributed by atoms with Crippen molar-refractivity contribution in [1.29, 1.82) is 0 Å². The van der Waals surface area contributed by atoms with Gasteiger partial charge in [-0.2, -0.15) is 0 Å². The maximum atomic E-state index is 12.2. The molecule has 122 valence electrons. The van der Waals surface area contributed by atoms with Gasteiger partial charge in [-0.25, -0.2) is 13.8 Å². The molecule has 0 aliphatic carbocycles. The number of nitrogens with one attached hydrogen (secondary N) is 1. The Labute approximate surface area is 132 Å². The van der Waals surface area contributed by atoms with Crippen molar-refractivity contribution in [3.05, 3.63) is 53.5 Å². The Kier molecular flexibility index (Phi) is 5.56. The normalized spacial score (nSPS) is 12.0. The van der Waals surface area contributed by atoms with E-state index in [1.807, 2.05) is 6.92 Å². The number of ether oxygens (including phenoxy) is 1. The van der Waals surface area contributed by atoms with Gasteiger partial charge in [-0.05, 0) is 37.6 Å². The van der Waals surface area contributed by atoms with Crippen molar-refractivity contribution in [2.45, 2.75) is 26.3 Å². The molecule has 0 aromatic carbocycles. The zero-order valence-corrected chi connectivity index (χ0v) is 12.8. The van der Waals surface area contributed by atoms with Crippen molar-refractivity contribution >= 4 is 5.91 Å². The van der Waals surface area contributed by atoms with Gasteiger partial charge in [0.25, 0.3) is 12.3 Å². The summed E-state index contributed by atoms with van der Waals surface area (Å²) in [6.45, 7) is 2.84.